The molecule has 6 nitrogen and oxygen atoms in total. The molecule has 0 saturated carbocycles. The van der Waals surface area contributed by atoms with Crippen LogP contribution in [-0.4, -0.2) is 23.3 Å². The zero-order chi connectivity index (χ0) is 19.6. The van der Waals surface area contributed by atoms with Crippen LogP contribution in [0.4, 0.5) is 5.69 Å². The summed E-state index contributed by atoms with van der Waals surface area (Å²) in [4.78, 5) is 28.4. The van der Waals surface area contributed by atoms with Gasteiger partial charge >= 0.3 is 5.97 Å². The first-order chi connectivity index (χ1) is 13.4. The highest BCUT2D eigenvalue weighted by Gasteiger charge is 2.69. The van der Waals surface area contributed by atoms with Crippen LogP contribution in [0, 0.1) is 0 Å². The molecule has 28 heavy (non-hydrogen) atoms. The quantitative estimate of drug-likeness (QED) is 0.580. The predicted octanol–water partition coefficient (Wildman–Crippen LogP) is 4.13. The third kappa shape index (κ3) is 2.32. The van der Waals surface area contributed by atoms with Gasteiger partial charge < -0.3 is 9.47 Å². The van der Waals surface area contributed by atoms with Gasteiger partial charge in [-0.25, -0.2) is 0 Å². The van der Waals surface area contributed by atoms with E-state index in [9.17, 15) is 4.79 Å². The molecule has 2 fully saturated rings. The zero-order valence-corrected chi connectivity index (χ0v) is 16.0. The van der Waals surface area contributed by atoms with Gasteiger partial charge in [0.05, 0.1) is 16.8 Å². The summed E-state index contributed by atoms with van der Waals surface area (Å²) in [5.74, 6) is -2.53. The van der Waals surface area contributed by atoms with Crippen LogP contribution in [0.5, 0.6) is 0 Å². The van der Waals surface area contributed by atoms with Gasteiger partial charge in [-0.05, 0) is 25.5 Å². The molecule has 0 amide bonds. The van der Waals surface area contributed by atoms with Gasteiger partial charge in [-0.15, -0.1) is 0 Å². The van der Waals surface area contributed by atoms with Crippen molar-refractivity contribution in [2.45, 2.75) is 50.3 Å². The maximum absolute atomic E-state index is 12.2. The number of nitrogens with zero attached hydrogens (tertiary/aromatic N) is 1. The lowest BCUT2D eigenvalue weighted by Gasteiger charge is -2.51. The minimum atomic E-state index is -1.19. The van der Waals surface area contributed by atoms with Crippen molar-refractivity contribution in [3.63, 3.8) is 0 Å². The van der Waals surface area contributed by atoms with Gasteiger partial charge in [0.2, 0.25) is 11.6 Å². The molecule has 4 atom stereocenters. The standard InChI is InChI=1S/C22H21NO5/c1-14(24)25-18-16-11-7-8-12-17(16)23-19-21(3)26-20(2,27-28-21)13-22(18,19)15-9-5-4-6-10-15/h4-12,18H,13H2,1-3H3/t18-,20-,21+,22+/m0/s1. The third-order valence-electron chi connectivity index (χ3n) is 5.71. The lowest BCUT2D eigenvalue weighted by Crippen LogP contribution is -2.61. The van der Waals surface area contributed by atoms with Crippen LogP contribution < -0.4 is 0 Å². The van der Waals surface area contributed by atoms with E-state index in [2.05, 4.69) is 0 Å². The Morgan fingerprint density at radius 1 is 1.07 bits per heavy atom. The minimum absolute atomic E-state index is 0.354. The van der Waals surface area contributed by atoms with Gasteiger partial charge in [0.15, 0.2) is 0 Å². The Hall–Kier alpha value is -2.54. The second-order valence-corrected chi connectivity index (χ2v) is 7.87. The Labute approximate surface area is 163 Å². The molecule has 2 saturated heterocycles. The highest BCUT2D eigenvalue weighted by molar-refractivity contribution is 6.05. The number of hydrogen-bond donors (Lipinski definition) is 0. The lowest BCUT2D eigenvalue weighted by molar-refractivity contribution is -0.330. The number of hydrogen-bond acceptors (Lipinski definition) is 6. The fraction of sp³-hybridized carbons (Fsp3) is 0.364. The first kappa shape index (κ1) is 17.6. The van der Waals surface area contributed by atoms with E-state index in [0.29, 0.717) is 12.1 Å². The smallest absolute Gasteiger partial charge is 0.303 e. The molecule has 2 bridgehead atoms. The molecule has 0 spiro atoms. The van der Waals surface area contributed by atoms with Gasteiger partial charge in [0.25, 0.3) is 0 Å². The second kappa shape index (κ2) is 5.73. The first-order valence-corrected chi connectivity index (χ1v) is 9.35. The van der Waals surface area contributed by atoms with Gasteiger partial charge in [-0.1, -0.05) is 48.5 Å². The third-order valence-corrected chi connectivity index (χ3v) is 5.71. The fourth-order valence-electron chi connectivity index (χ4n) is 4.83. The molecule has 144 valence electrons. The molecule has 0 aromatic heterocycles. The van der Waals surface area contributed by atoms with E-state index in [0.717, 1.165) is 16.8 Å². The van der Waals surface area contributed by atoms with E-state index >= 15 is 0 Å². The van der Waals surface area contributed by atoms with Crippen LogP contribution in [-0.2, 0) is 29.5 Å². The summed E-state index contributed by atoms with van der Waals surface area (Å²) < 4.78 is 12.1. The number of carbonyl (C=O) groups excluding carboxylic acids is 1. The Balaban J connectivity index is 1.85. The average molecular weight is 379 g/mol. The molecule has 0 radical (unpaired) electrons. The molecule has 3 aliphatic heterocycles. The second-order valence-electron chi connectivity index (χ2n) is 7.87. The molecule has 0 N–H and O–H groups in total. The average Bonchev–Trinajstić information content (AvgIpc) is 2.94. The Kier molecular flexibility index (Phi) is 3.59. The summed E-state index contributed by atoms with van der Waals surface area (Å²) in [6.45, 7) is 5.06. The van der Waals surface area contributed by atoms with Gasteiger partial charge in [0, 0.05) is 18.9 Å². The van der Waals surface area contributed by atoms with E-state index in [-0.39, 0.29) is 5.97 Å². The Morgan fingerprint density at radius 3 is 2.54 bits per heavy atom. The molecular formula is C22H21NO5. The Bertz CT molecular complexity index is 989. The van der Waals surface area contributed by atoms with E-state index in [1.807, 2.05) is 61.5 Å². The molecule has 0 unspecified atom stereocenters. The van der Waals surface area contributed by atoms with E-state index < -0.39 is 23.1 Å². The summed E-state index contributed by atoms with van der Waals surface area (Å²) in [6.07, 6.45) is -0.186. The van der Waals surface area contributed by atoms with Crippen LogP contribution in [0.25, 0.3) is 0 Å². The monoisotopic (exact) mass is 379 g/mol. The van der Waals surface area contributed by atoms with Crippen LogP contribution in [0.2, 0.25) is 0 Å². The molecule has 3 heterocycles. The van der Waals surface area contributed by atoms with Crippen LogP contribution in [0.15, 0.2) is 59.6 Å². The molecule has 3 aliphatic rings. The van der Waals surface area contributed by atoms with Crippen LogP contribution >= 0.6 is 0 Å². The molecule has 5 rings (SSSR count). The van der Waals surface area contributed by atoms with E-state index in [1.165, 1.54) is 6.92 Å². The molecule has 0 aliphatic carbocycles. The Morgan fingerprint density at radius 2 is 1.79 bits per heavy atom. The van der Waals surface area contributed by atoms with E-state index in [4.69, 9.17) is 24.2 Å². The topological polar surface area (TPSA) is 66.4 Å². The number of esters is 1. The number of fused-ring (bicyclic) bond motifs is 5. The summed E-state index contributed by atoms with van der Waals surface area (Å²) in [5.41, 5.74) is 2.44. The number of rotatable bonds is 2. The lowest BCUT2D eigenvalue weighted by atomic mass is 9.61. The summed E-state index contributed by atoms with van der Waals surface area (Å²) >= 11 is 0. The number of carbonyl (C=O) groups is 1. The van der Waals surface area contributed by atoms with Crippen molar-refractivity contribution in [1.29, 1.82) is 0 Å². The van der Waals surface area contributed by atoms with Gasteiger partial charge in [-0.3, -0.25) is 9.79 Å². The molecule has 2 aromatic rings. The highest BCUT2D eigenvalue weighted by atomic mass is 17.3. The van der Waals surface area contributed by atoms with Crippen molar-refractivity contribution in [3.05, 3.63) is 65.7 Å². The summed E-state index contributed by atoms with van der Waals surface area (Å²) in [7, 11) is 0. The van der Waals surface area contributed by atoms with Crippen LogP contribution in [0.1, 0.15) is 44.4 Å². The van der Waals surface area contributed by atoms with Crippen molar-refractivity contribution in [2.24, 2.45) is 4.99 Å². The normalized spacial score (nSPS) is 35.5. The summed E-state index contributed by atoms with van der Waals surface area (Å²) in [5, 5.41) is 0. The van der Waals surface area contributed by atoms with Crippen LogP contribution in [0.3, 0.4) is 0 Å². The fourth-order valence-corrected chi connectivity index (χ4v) is 4.83. The molecular weight excluding hydrogens is 358 g/mol. The van der Waals surface area contributed by atoms with Crippen molar-refractivity contribution in [1.82, 2.24) is 0 Å². The van der Waals surface area contributed by atoms with Crippen molar-refractivity contribution < 1.29 is 24.0 Å². The first-order valence-electron chi connectivity index (χ1n) is 9.35. The number of para-hydroxylation sites is 1. The zero-order valence-electron chi connectivity index (χ0n) is 16.0. The van der Waals surface area contributed by atoms with Gasteiger partial charge in [0.1, 0.15) is 6.10 Å². The predicted molar refractivity (Wildman–Crippen MR) is 101 cm³/mol. The van der Waals surface area contributed by atoms with Crippen molar-refractivity contribution >= 4 is 17.4 Å². The number of benzene rings is 2. The molecule has 6 heteroatoms. The maximum Gasteiger partial charge on any atom is 0.303 e. The minimum Gasteiger partial charge on any atom is -0.456 e. The SMILES string of the molecule is CC(=O)O[C@H]1c2ccccc2N=C2[C@@]3(C)OO[C@@](C)(C[C@]21c1ccccc1)O3. The number of aliphatic imine (C=N–C) groups is 1. The highest BCUT2D eigenvalue weighted by Crippen LogP contribution is 2.60. The van der Waals surface area contributed by atoms with Crippen molar-refractivity contribution in [3.8, 4) is 0 Å². The van der Waals surface area contributed by atoms with E-state index in [1.54, 1.807) is 6.92 Å². The largest absolute Gasteiger partial charge is 0.456 e. The molecule has 2 aromatic carbocycles. The van der Waals surface area contributed by atoms with Crippen molar-refractivity contribution in [2.75, 3.05) is 0 Å². The summed E-state index contributed by atoms with van der Waals surface area (Å²) in [6, 6.07) is 17.6. The van der Waals surface area contributed by atoms with Gasteiger partial charge in [-0.2, -0.15) is 9.78 Å². The number of ether oxygens (including phenoxy) is 2. The maximum atomic E-state index is 12.2.